The number of ether oxygens (including phenoxy) is 12. The fourth-order valence-electron chi connectivity index (χ4n) is 10.8. The van der Waals surface area contributed by atoms with Crippen LogP contribution in [0.4, 0.5) is 0 Å². The first kappa shape index (κ1) is 63.7. The minimum atomic E-state index is -0.00419. The van der Waals surface area contributed by atoms with Gasteiger partial charge < -0.3 is 47.9 Å². The van der Waals surface area contributed by atoms with Crippen molar-refractivity contribution in [3.05, 3.63) is 266 Å². The Morgan fingerprint density at radius 2 is 0.458 bits per heavy atom. The molecule has 2 aliphatic rings. The van der Waals surface area contributed by atoms with Crippen molar-refractivity contribution in [3.8, 4) is 67.5 Å². The van der Waals surface area contributed by atoms with E-state index in [1.807, 2.05) is 238 Å². The number of hydrogen-bond donors (Lipinski definition) is 2. The maximum absolute atomic E-state index is 6.05. The number of hydrogen-bond acceptors (Lipinski definition) is 14. The lowest BCUT2D eigenvalue weighted by molar-refractivity contribution is -0.734. The van der Waals surface area contributed by atoms with E-state index < -0.39 is 0 Å². The molecule has 7 aromatic heterocycles. The average Bonchev–Trinajstić information content (AvgIpc) is 1.67. The van der Waals surface area contributed by atoms with Gasteiger partial charge in [0.2, 0.25) is 0 Å². The van der Waals surface area contributed by atoms with Gasteiger partial charge in [0.1, 0.15) is 23.0 Å². The van der Waals surface area contributed by atoms with Gasteiger partial charge in [-0.15, -0.1) is 0 Å². The molecule has 0 fully saturated rings. The van der Waals surface area contributed by atoms with Gasteiger partial charge in [-0.2, -0.15) is 18.3 Å². The Hall–Kier alpha value is -11.0. The predicted molar refractivity (Wildman–Crippen MR) is 357 cm³/mol. The lowest BCUT2D eigenvalue weighted by Gasteiger charge is -2.10. The first-order valence-electron chi connectivity index (χ1n) is 31.1. The molecule has 482 valence electrons. The van der Waals surface area contributed by atoms with Crippen LogP contribution in [0.25, 0.3) is 90.9 Å². The van der Waals surface area contributed by atoms with Crippen molar-refractivity contribution < 1.29 is 75.1 Å². The van der Waals surface area contributed by atoms with Crippen LogP contribution in [-0.4, -0.2) is 74.3 Å². The normalized spacial score (nSPS) is 11.7. The molecular formula is C76H70N8O12+4. The van der Waals surface area contributed by atoms with Gasteiger partial charge in [0.05, 0.1) is 22.8 Å². The van der Waals surface area contributed by atoms with E-state index in [1.54, 1.807) is 0 Å². The van der Waals surface area contributed by atoms with E-state index in [4.69, 9.17) is 66.8 Å². The molecule has 20 nitrogen and oxygen atoms in total. The molecule has 0 saturated heterocycles. The molecule has 9 heterocycles. The maximum Gasteiger partial charge on any atom is 0.254 e. The Labute approximate surface area is 554 Å². The van der Waals surface area contributed by atoms with E-state index in [0.717, 1.165) is 89.4 Å². The molecule has 0 aliphatic carbocycles. The third-order valence-corrected chi connectivity index (χ3v) is 15.3. The molecule has 0 saturated carbocycles. The van der Waals surface area contributed by atoms with Crippen molar-refractivity contribution in [1.29, 1.82) is 0 Å². The number of aromatic amines is 2. The molecule has 2 aliphatic heterocycles. The molecule has 8 bridgehead atoms. The second-order valence-corrected chi connectivity index (χ2v) is 21.8. The monoisotopic (exact) mass is 1290 g/mol. The third-order valence-electron chi connectivity index (χ3n) is 15.3. The first-order valence-corrected chi connectivity index (χ1v) is 31.1. The fraction of sp³-hybridized carbons (Fsp3) is 0.158. The smallest absolute Gasteiger partial charge is 0.254 e. The highest BCUT2D eigenvalue weighted by Gasteiger charge is 2.20. The summed E-state index contributed by atoms with van der Waals surface area (Å²) in [5.41, 5.74) is 13.2. The number of nitrogens with zero attached hydrogens (tertiary/aromatic N) is 6. The number of pyridine rings is 4. The molecule has 11 aromatic rings. The topological polar surface area (TPSA) is 184 Å². The van der Waals surface area contributed by atoms with Crippen LogP contribution in [0.5, 0.6) is 23.0 Å². The summed E-state index contributed by atoms with van der Waals surface area (Å²) in [6.45, 7) is 1.63. The molecule has 13 rings (SSSR count). The van der Waals surface area contributed by atoms with Gasteiger partial charge in [-0.05, 0) is 119 Å². The molecule has 96 heavy (non-hydrogen) atoms. The number of aromatic nitrogens is 8. The summed E-state index contributed by atoms with van der Waals surface area (Å²) < 4.78 is 77.4. The van der Waals surface area contributed by atoms with Gasteiger partial charge in [-0.1, -0.05) is 72.8 Å². The van der Waals surface area contributed by atoms with Crippen LogP contribution in [0.3, 0.4) is 0 Å². The summed E-state index contributed by atoms with van der Waals surface area (Å²) in [5.74, 6) is 2.48. The molecule has 4 aromatic carbocycles. The molecule has 20 heteroatoms. The Balaban J connectivity index is 0.855. The predicted octanol–water partition coefficient (Wildman–Crippen LogP) is 12.4. The highest BCUT2D eigenvalue weighted by atomic mass is 16.8. The van der Waals surface area contributed by atoms with Crippen LogP contribution in [-0.2, 0) is 64.8 Å². The minimum absolute atomic E-state index is 0.00419. The zero-order chi connectivity index (χ0) is 64.8. The molecule has 0 unspecified atom stereocenters. The van der Waals surface area contributed by atoms with Crippen molar-refractivity contribution in [1.82, 2.24) is 19.9 Å². The summed E-state index contributed by atoms with van der Waals surface area (Å²) >= 11 is 0. The molecule has 0 atom stereocenters. The maximum atomic E-state index is 6.05. The Morgan fingerprint density at radius 1 is 0.240 bits per heavy atom. The second-order valence-electron chi connectivity index (χ2n) is 21.8. The van der Waals surface area contributed by atoms with E-state index in [0.29, 0.717) is 49.9 Å². The van der Waals surface area contributed by atoms with Gasteiger partial charge in [0.25, 0.3) is 26.9 Å². The van der Waals surface area contributed by atoms with Crippen LogP contribution in [0.1, 0.15) is 22.8 Å². The fourth-order valence-corrected chi connectivity index (χ4v) is 10.8. The average molecular weight is 1290 g/mol. The number of fused-ring (bicyclic) bond motifs is 8. The minimum Gasteiger partial charge on any atom is -0.467 e. The molecule has 0 spiro atoms. The van der Waals surface area contributed by atoms with Gasteiger partial charge in [-0.3, -0.25) is 18.9 Å². The quantitative estimate of drug-likeness (QED) is 0.0231. The van der Waals surface area contributed by atoms with Crippen molar-refractivity contribution in [2.24, 2.45) is 0 Å². The standard InChI is InChI=1S/C76H70N8O12/c1-5-37-81(38-6-1)45-85-49-89-53-93-61-21-13-57(14-22-61)73-65-29-31-67(77-65)74(58-15-23-62(24-16-58)94-54-90-50-86-46-82-39-7-2-8-40-82)69-33-35-71(79-69)76(60-19-27-64(28-20-60)96-56-92-52-88-48-84-43-11-4-12-44-84)72-36-34-70(80-72)75(68-32-30-66(73)78-68)59-17-25-63(26-18-59)95-55-91-51-87-47-83-41-9-3-10-42-83/h1-44,77,80H,45-56H2/q+4. The van der Waals surface area contributed by atoms with Gasteiger partial charge in [0, 0.05) is 92.9 Å². The lowest BCUT2D eigenvalue weighted by Crippen LogP contribution is -2.34. The largest absolute Gasteiger partial charge is 0.467 e. The van der Waals surface area contributed by atoms with Crippen molar-refractivity contribution >= 4 is 46.4 Å². The van der Waals surface area contributed by atoms with Crippen LogP contribution in [0.2, 0.25) is 0 Å². The molecule has 2 N–H and O–H groups in total. The van der Waals surface area contributed by atoms with Crippen LogP contribution in [0, 0.1) is 0 Å². The van der Waals surface area contributed by atoms with Crippen LogP contribution < -0.4 is 37.2 Å². The Kier molecular flexibility index (Phi) is 21.7. The van der Waals surface area contributed by atoms with Crippen molar-refractivity contribution in [3.63, 3.8) is 0 Å². The number of H-pyrrole nitrogens is 2. The Bertz CT molecular complexity index is 3960. The highest BCUT2D eigenvalue weighted by molar-refractivity contribution is 6.00. The highest BCUT2D eigenvalue weighted by Crippen LogP contribution is 2.40. The zero-order valence-electron chi connectivity index (χ0n) is 52.5. The van der Waals surface area contributed by atoms with E-state index in [9.17, 15) is 0 Å². The first-order chi connectivity index (χ1) is 47.6. The summed E-state index contributed by atoms with van der Waals surface area (Å²) in [6.07, 6.45) is 23.6. The van der Waals surface area contributed by atoms with E-state index in [-0.39, 0.29) is 54.3 Å². The van der Waals surface area contributed by atoms with E-state index >= 15 is 0 Å². The van der Waals surface area contributed by atoms with E-state index in [1.165, 1.54) is 0 Å². The summed E-state index contributed by atoms with van der Waals surface area (Å²) in [5, 5.41) is 0. The number of nitrogens with one attached hydrogen (secondary N) is 2. The van der Waals surface area contributed by atoms with E-state index in [2.05, 4.69) is 58.5 Å². The third kappa shape index (κ3) is 17.0. The second kappa shape index (κ2) is 32.7. The van der Waals surface area contributed by atoms with Crippen LogP contribution in [0.15, 0.2) is 244 Å². The number of benzene rings is 4. The van der Waals surface area contributed by atoms with Gasteiger partial charge in [-0.25, -0.2) is 9.97 Å². The summed E-state index contributed by atoms with van der Waals surface area (Å²) in [6, 6.07) is 63.3. The summed E-state index contributed by atoms with van der Waals surface area (Å²) in [4.78, 5) is 18.7. The van der Waals surface area contributed by atoms with Crippen molar-refractivity contribution in [2.45, 2.75) is 26.9 Å². The summed E-state index contributed by atoms with van der Waals surface area (Å²) in [7, 11) is 0. The molecular weight excluding hydrogens is 1220 g/mol. The Morgan fingerprint density at radius 3 is 0.677 bits per heavy atom. The zero-order valence-corrected chi connectivity index (χ0v) is 52.5. The SMILES string of the molecule is C1=Cc2nc1c(-c1ccc(OCOCOC[n+]3ccccc3)cc1)c1ccc([nH]1)c(-c1ccc(OCOCOC[n+]3ccccc3)cc1)c1nc(c(-c3ccc(OCOCOC[n+]4ccccc4)cc3)c3ccc([nH]3)c2-c2ccc(OCOCOC[n+]3ccccc3)cc2)C=C1. The lowest BCUT2D eigenvalue weighted by atomic mass is 10.0. The molecule has 0 radical (unpaired) electrons. The van der Waals surface area contributed by atoms with Crippen molar-refractivity contribution in [2.75, 3.05) is 54.3 Å². The van der Waals surface area contributed by atoms with Crippen LogP contribution >= 0.6 is 0 Å². The van der Waals surface area contributed by atoms with Gasteiger partial charge >= 0.3 is 0 Å². The number of rotatable bonds is 32. The van der Waals surface area contributed by atoms with Gasteiger partial charge in [0.15, 0.2) is 104 Å². The molecule has 0 amide bonds.